The molecule has 0 aliphatic carbocycles. The molecule has 194 valence electrons. The zero-order valence-corrected chi connectivity index (χ0v) is 20.3. The van der Waals surface area contributed by atoms with Crippen LogP contribution in [0.2, 0.25) is 0 Å². The van der Waals surface area contributed by atoms with Crippen molar-refractivity contribution in [1.29, 1.82) is 0 Å². The van der Waals surface area contributed by atoms with Crippen molar-refractivity contribution in [3.05, 3.63) is 0 Å². The molecule has 4 atom stereocenters. The molecule has 0 aromatic heterocycles. The minimum absolute atomic E-state index is 0.0846. The number of rotatable bonds is 16. The lowest BCUT2D eigenvalue weighted by molar-refractivity contribution is -0.149. The molecule has 13 heteroatoms. The predicted octanol–water partition coefficient (Wildman–Crippen LogP) is -0.894. The molecule has 0 spiro atoms. The van der Waals surface area contributed by atoms with E-state index in [-0.39, 0.29) is 19.3 Å². The second-order valence-electron chi connectivity index (χ2n) is 8.26. The molecule has 0 radical (unpaired) electrons. The van der Waals surface area contributed by atoms with Gasteiger partial charge in [0.25, 0.3) is 0 Å². The molecule has 1 aliphatic heterocycles. The molecule has 0 aromatic carbocycles. The molecular formula is C21H37N5O7S. The van der Waals surface area contributed by atoms with Crippen LogP contribution in [0.1, 0.15) is 51.4 Å². The van der Waals surface area contributed by atoms with Crippen LogP contribution in [0.5, 0.6) is 0 Å². The Bertz CT molecular complexity index is 724. The van der Waals surface area contributed by atoms with Crippen molar-refractivity contribution in [2.24, 2.45) is 11.5 Å². The van der Waals surface area contributed by atoms with Crippen LogP contribution in [-0.4, -0.2) is 94.0 Å². The molecular weight excluding hydrogens is 466 g/mol. The third kappa shape index (κ3) is 9.85. The van der Waals surface area contributed by atoms with Crippen LogP contribution in [0.25, 0.3) is 0 Å². The first-order chi connectivity index (χ1) is 16.1. The Hall–Kier alpha value is -2.38. The van der Waals surface area contributed by atoms with Gasteiger partial charge in [0.15, 0.2) is 0 Å². The van der Waals surface area contributed by atoms with Crippen molar-refractivity contribution in [2.45, 2.75) is 75.5 Å². The number of nitrogens with one attached hydrogen (secondary N) is 2. The number of carboxylic acids is 2. The minimum Gasteiger partial charge on any atom is -0.481 e. The number of carbonyl (C=O) groups is 5. The Kier molecular flexibility index (Phi) is 13.5. The van der Waals surface area contributed by atoms with Crippen molar-refractivity contribution < 1.29 is 34.2 Å². The summed E-state index contributed by atoms with van der Waals surface area (Å²) in [5.41, 5.74) is 11.3. The highest BCUT2D eigenvalue weighted by molar-refractivity contribution is 7.98. The number of hydrogen-bond donors (Lipinski definition) is 6. The fourth-order valence-corrected chi connectivity index (χ4v) is 4.17. The van der Waals surface area contributed by atoms with E-state index in [1.807, 2.05) is 6.26 Å². The molecule has 0 saturated carbocycles. The third-order valence-corrected chi connectivity index (χ3v) is 6.28. The summed E-state index contributed by atoms with van der Waals surface area (Å²) in [5, 5.41) is 23.5. The summed E-state index contributed by atoms with van der Waals surface area (Å²) in [4.78, 5) is 62.2. The molecule has 34 heavy (non-hydrogen) atoms. The fraction of sp³-hybridized carbons (Fsp3) is 0.762. The van der Waals surface area contributed by atoms with E-state index in [4.69, 9.17) is 16.6 Å². The molecule has 8 N–H and O–H groups in total. The maximum atomic E-state index is 13.1. The average molecular weight is 504 g/mol. The Morgan fingerprint density at radius 3 is 2.29 bits per heavy atom. The summed E-state index contributed by atoms with van der Waals surface area (Å²) in [6.45, 7) is 0.706. The molecule has 1 aliphatic rings. The summed E-state index contributed by atoms with van der Waals surface area (Å²) in [6.07, 6.45) is 4.12. The molecule has 0 bridgehead atoms. The van der Waals surface area contributed by atoms with Crippen molar-refractivity contribution in [3.8, 4) is 0 Å². The van der Waals surface area contributed by atoms with Gasteiger partial charge in [0.2, 0.25) is 17.7 Å². The van der Waals surface area contributed by atoms with Gasteiger partial charge in [-0.25, -0.2) is 4.79 Å². The fourth-order valence-electron chi connectivity index (χ4n) is 3.70. The van der Waals surface area contributed by atoms with Gasteiger partial charge in [-0.2, -0.15) is 11.8 Å². The number of nitrogens with zero attached hydrogens (tertiary/aromatic N) is 1. The summed E-state index contributed by atoms with van der Waals surface area (Å²) in [7, 11) is 0. The summed E-state index contributed by atoms with van der Waals surface area (Å²) >= 11 is 1.49. The normalized spacial score (nSPS) is 18.1. The van der Waals surface area contributed by atoms with Crippen LogP contribution >= 0.6 is 11.8 Å². The zero-order valence-electron chi connectivity index (χ0n) is 19.5. The van der Waals surface area contributed by atoms with E-state index in [0.717, 1.165) is 0 Å². The van der Waals surface area contributed by atoms with Gasteiger partial charge in [-0.1, -0.05) is 0 Å². The van der Waals surface area contributed by atoms with Gasteiger partial charge in [-0.05, 0) is 63.5 Å². The standard InChI is InChI=1S/C21H37N5O7S/c1-34-12-9-15(20(31)26-11-4-6-16(26)21(32)33)25-19(30)14(5-2-3-10-22)24-18(29)13(23)7-8-17(27)28/h13-16H,2-12,22-23H2,1H3,(H,24,29)(H,25,30)(H,27,28)(H,32,33). The van der Waals surface area contributed by atoms with E-state index in [9.17, 15) is 29.1 Å². The molecule has 1 rings (SSSR count). The summed E-state index contributed by atoms with van der Waals surface area (Å²) in [5.74, 6) is -3.31. The third-order valence-electron chi connectivity index (χ3n) is 5.63. The molecule has 1 heterocycles. The van der Waals surface area contributed by atoms with E-state index in [1.54, 1.807) is 0 Å². The monoisotopic (exact) mass is 503 g/mol. The van der Waals surface area contributed by atoms with E-state index < -0.39 is 53.8 Å². The first kappa shape index (κ1) is 29.7. The Morgan fingerprint density at radius 1 is 1.03 bits per heavy atom. The average Bonchev–Trinajstić information content (AvgIpc) is 3.29. The Balaban J connectivity index is 2.93. The molecule has 4 unspecified atom stereocenters. The lowest BCUT2D eigenvalue weighted by atomic mass is 10.1. The Labute approximate surface area is 203 Å². The first-order valence-electron chi connectivity index (χ1n) is 11.4. The zero-order chi connectivity index (χ0) is 25.7. The van der Waals surface area contributed by atoms with Crippen LogP contribution < -0.4 is 22.1 Å². The minimum atomic E-state index is -1.10. The van der Waals surface area contributed by atoms with Gasteiger partial charge in [-0.3, -0.25) is 19.2 Å². The van der Waals surface area contributed by atoms with Crippen LogP contribution in [0.15, 0.2) is 0 Å². The Morgan fingerprint density at radius 2 is 1.71 bits per heavy atom. The van der Waals surface area contributed by atoms with Gasteiger partial charge in [0.1, 0.15) is 18.1 Å². The van der Waals surface area contributed by atoms with E-state index in [2.05, 4.69) is 10.6 Å². The number of nitrogens with two attached hydrogens (primary N) is 2. The van der Waals surface area contributed by atoms with E-state index >= 15 is 0 Å². The number of hydrogen-bond acceptors (Lipinski definition) is 8. The van der Waals surface area contributed by atoms with Crippen molar-refractivity contribution >= 4 is 41.4 Å². The number of carbonyl (C=O) groups excluding carboxylic acids is 3. The number of likely N-dealkylation sites (tertiary alicyclic amines) is 1. The van der Waals surface area contributed by atoms with Crippen molar-refractivity contribution in [3.63, 3.8) is 0 Å². The van der Waals surface area contributed by atoms with Crippen molar-refractivity contribution in [2.75, 3.05) is 25.1 Å². The maximum absolute atomic E-state index is 13.1. The molecule has 1 fully saturated rings. The SMILES string of the molecule is CSCCC(NC(=O)C(CCCCN)NC(=O)C(N)CCC(=O)O)C(=O)N1CCCC1C(=O)O. The number of unbranched alkanes of at least 4 members (excludes halogenated alkanes) is 1. The van der Waals surface area contributed by atoms with Crippen LogP contribution in [0.3, 0.4) is 0 Å². The van der Waals surface area contributed by atoms with Crippen molar-refractivity contribution in [1.82, 2.24) is 15.5 Å². The van der Waals surface area contributed by atoms with Gasteiger partial charge < -0.3 is 37.2 Å². The van der Waals surface area contributed by atoms with Gasteiger partial charge >= 0.3 is 11.9 Å². The molecule has 1 saturated heterocycles. The largest absolute Gasteiger partial charge is 0.481 e. The number of amides is 3. The van der Waals surface area contributed by atoms with Gasteiger partial charge in [0.05, 0.1) is 6.04 Å². The number of carboxylic acid groups (broad SMARTS) is 2. The second-order valence-corrected chi connectivity index (χ2v) is 9.24. The van der Waals surface area contributed by atoms with Crippen LogP contribution in [-0.2, 0) is 24.0 Å². The van der Waals surface area contributed by atoms with Gasteiger partial charge in [0, 0.05) is 13.0 Å². The molecule has 0 aromatic rings. The van der Waals surface area contributed by atoms with E-state index in [1.165, 1.54) is 16.7 Å². The maximum Gasteiger partial charge on any atom is 0.326 e. The second kappa shape index (κ2) is 15.5. The van der Waals surface area contributed by atoms with Crippen LogP contribution in [0, 0.1) is 0 Å². The van der Waals surface area contributed by atoms with Gasteiger partial charge in [-0.15, -0.1) is 0 Å². The smallest absolute Gasteiger partial charge is 0.326 e. The topological polar surface area (TPSA) is 205 Å². The first-order valence-corrected chi connectivity index (χ1v) is 12.8. The number of aliphatic carboxylic acids is 2. The molecule has 12 nitrogen and oxygen atoms in total. The summed E-state index contributed by atoms with van der Waals surface area (Å²) in [6, 6.07) is -3.95. The van der Waals surface area contributed by atoms with Crippen LogP contribution in [0.4, 0.5) is 0 Å². The predicted molar refractivity (Wildman–Crippen MR) is 127 cm³/mol. The highest BCUT2D eigenvalue weighted by Gasteiger charge is 2.38. The quantitative estimate of drug-likeness (QED) is 0.143. The lowest BCUT2D eigenvalue weighted by Gasteiger charge is -2.29. The molecule has 3 amide bonds. The van der Waals surface area contributed by atoms with E-state index in [0.29, 0.717) is 50.9 Å². The number of thioether (sulfide) groups is 1. The lowest BCUT2D eigenvalue weighted by Crippen LogP contribution is -2.57. The highest BCUT2D eigenvalue weighted by Crippen LogP contribution is 2.20. The summed E-state index contributed by atoms with van der Waals surface area (Å²) < 4.78 is 0. The highest BCUT2D eigenvalue weighted by atomic mass is 32.2.